The molecule has 2 atom stereocenters. The number of carbonyl (C=O) groups is 2. The largest absolute Gasteiger partial charge is 0.480 e. The van der Waals surface area contributed by atoms with Crippen LogP contribution in [0.3, 0.4) is 0 Å². The number of ether oxygens (including phenoxy) is 1. The number of benzene rings is 1. The highest BCUT2D eigenvalue weighted by Gasteiger charge is 2.37. The van der Waals surface area contributed by atoms with Crippen LogP contribution in [-0.2, 0) is 16.1 Å². The van der Waals surface area contributed by atoms with Gasteiger partial charge in [0.15, 0.2) is 0 Å². The van der Waals surface area contributed by atoms with Gasteiger partial charge in [-0.1, -0.05) is 29.3 Å². The van der Waals surface area contributed by atoms with Crippen LogP contribution < -0.4 is 0 Å². The summed E-state index contributed by atoms with van der Waals surface area (Å²) >= 11 is 6.12. The van der Waals surface area contributed by atoms with Crippen molar-refractivity contribution in [2.45, 2.75) is 58.7 Å². The van der Waals surface area contributed by atoms with Gasteiger partial charge in [0.1, 0.15) is 5.60 Å². The highest BCUT2D eigenvalue weighted by Crippen LogP contribution is 2.29. The molecule has 1 fully saturated rings. The fourth-order valence-electron chi connectivity index (χ4n) is 3.98. The summed E-state index contributed by atoms with van der Waals surface area (Å²) in [5.74, 6) is -0.803. The lowest BCUT2D eigenvalue weighted by Crippen LogP contribution is -2.54. The zero-order valence-electron chi connectivity index (χ0n) is 18.4. The molecule has 0 unspecified atom stereocenters. The topological polar surface area (TPSA) is 70.1 Å². The van der Waals surface area contributed by atoms with Gasteiger partial charge in [0.05, 0.1) is 6.54 Å². The Morgan fingerprint density at radius 2 is 2.07 bits per heavy atom. The predicted molar refractivity (Wildman–Crippen MR) is 119 cm³/mol. The lowest BCUT2D eigenvalue weighted by molar-refractivity contribution is -0.139. The molecule has 1 aromatic carbocycles. The number of allylic oxidation sites excluding steroid dienone is 1. The van der Waals surface area contributed by atoms with E-state index in [-0.39, 0.29) is 24.6 Å². The Labute approximate surface area is 184 Å². The number of carboxylic acid groups (broad SMARTS) is 1. The van der Waals surface area contributed by atoms with Crippen molar-refractivity contribution in [1.29, 1.82) is 0 Å². The third kappa shape index (κ3) is 7.65. The van der Waals surface area contributed by atoms with E-state index in [0.717, 1.165) is 17.6 Å². The van der Waals surface area contributed by atoms with Crippen molar-refractivity contribution in [1.82, 2.24) is 9.80 Å². The molecule has 0 saturated carbocycles. The maximum absolute atomic E-state index is 12.6. The maximum Gasteiger partial charge on any atom is 0.410 e. The van der Waals surface area contributed by atoms with E-state index in [1.165, 1.54) is 0 Å². The first-order valence-corrected chi connectivity index (χ1v) is 10.6. The van der Waals surface area contributed by atoms with Gasteiger partial charge in [-0.3, -0.25) is 9.69 Å². The summed E-state index contributed by atoms with van der Waals surface area (Å²) in [4.78, 5) is 27.9. The molecule has 0 spiro atoms. The predicted octanol–water partition coefficient (Wildman–Crippen LogP) is 4.82. The second kappa shape index (κ2) is 10.3. The van der Waals surface area contributed by atoms with Crippen molar-refractivity contribution in [3.05, 3.63) is 47.0 Å². The first kappa shape index (κ1) is 24.2. The third-order valence-corrected chi connectivity index (χ3v) is 5.27. The lowest BCUT2D eigenvalue weighted by Gasteiger charge is -2.44. The molecule has 0 bridgehead atoms. The Morgan fingerprint density at radius 1 is 1.37 bits per heavy atom. The zero-order chi connectivity index (χ0) is 22.5. The monoisotopic (exact) mass is 436 g/mol. The second-order valence-electron chi connectivity index (χ2n) is 9.13. The van der Waals surface area contributed by atoms with Gasteiger partial charge in [0.2, 0.25) is 0 Å². The van der Waals surface area contributed by atoms with E-state index >= 15 is 0 Å². The molecule has 1 aliphatic rings. The van der Waals surface area contributed by atoms with Gasteiger partial charge in [-0.2, -0.15) is 0 Å². The van der Waals surface area contributed by atoms with E-state index in [4.69, 9.17) is 16.3 Å². The van der Waals surface area contributed by atoms with Gasteiger partial charge in [0, 0.05) is 30.7 Å². The average molecular weight is 437 g/mol. The van der Waals surface area contributed by atoms with Gasteiger partial charge in [0.25, 0.3) is 0 Å². The first-order chi connectivity index (χ1) is 13.9. The molecular formula is C23H33ClN2O4. The molecule has 0 radical (unpaired) electrons. The van der Waals surface area contributed by atoms with Crippen LogP contribution in [0.2, 0.25) is 5.02 Å². The molecule has 1 aliphatic heterocycles. The van der Waals surface area contributed by atoms with Crippen LogP contribution in [0.1, 0.15) is 46.1 Å². The average Bonchev–Trinajstić information content (AvgIpc) is 2.59. The Hall–Kier alpha value is -2.05. The van der Waals surface area contributed by atoms with Gasteiger partial charge in [-0.05, 0) is 64.2 Å². The fraction of sp³-hybridized carbons (Fsp3) is 0.565. The molecule has 1 amide bonds. The molecule has 7 heteroatoms. The van der Waals surface area contributed by atoms with Crippen molar-refractivity contribution in [3.8, 4) is 0 Å². The summed E-state index contributed by atoms with van der Waals surface area (Å²) in [5, 5.41) is 10.1. The van der Waals surface area contributed by atoms with Gasteiger partial charge >= 0.3 is 12.1 Å². The van der Waals surface area contributed by atoms with Crippen molar-refractivity contribution >= 4 is 23.7 Å². The zero-order valence-corrected chi connectivity index (χ0v) is 19.1. The van der Waals surface area contributed by atoms with Crippen LogP contribution in [-0.4, -0.2) is 58.2 Å². The number of carbonyl (C=O) groups excluding carboxylic acids is 1. The van der Waals surface area contributed by atoms with Crippen molar-refractivity contribution < 1.29 is 19.4 Å². The van der Waals surface area contributed by atoms with E-state index in [2.05, 4.69) is 6.58 Å². The third-order valence-electron chi connectivity index (χ3n) is 5.04. The first-order valence-electron chi connectivity index (χ1n) is 10.3. The Balaban J connectivity index is 2.22. The molecule has 6 nitrogen and oxygen atoms in total. The number of carboxylic acids is 1. The Kier molecular flexibility index (Phi) is 8.33. The van der Waals surface area contributed by atoms with Gasteiger partial charge in [-0.15, -0.1) is 6.58 Å². The van der Waals surface area contributed by atoms with E-state index in [0.29, 0.717) is 31.1 Å². The van der Waals surface area contributed by atoms with Crippen molar-refractivity contribution in [2.75, 3.05) is 19.6 Å². The summed E-state index contributed by atoms with van der Waals surface area (Å²) in [5.41, 5.74) is 1.42. The Morgan fingerprint density at radius 3 is 2.63 bits per heavy atom. The molecule has 2 rings (SSSR count). The summed E-state index contributed by atoms with van der Waals surface area (Å²) in [6, 6.07) is 7.49. The minimum absolute atomic E-state index is 0.00969. The number of nitrogens with zero attached hydrogens (tertiary/aromatic N) is 2. The highest BCUT2D eigenvalue weighted by molar-refractivity contribution is 6.30. The molecule has 0 aromatic heterocycles. The van der Waals surface area contributed by atoms with E-state index in [1.54, 1.807) is 11.0 Å². The smallest absolute Gasteiger partial charge is 0.410 e. The normalized spacial score (nSPS) is 19.6. The van der Waals surface area contributed by atoms with Gasteiger partial charge in [-0.25, -0.2) is 4.79 Å². The lowest BCUT2D eigenvalue weighted by atomic mass is 9.86. The Bertz CT molecular complexity index is 775. The molecule has 1 heterocycles. The quantitative estimate of drug-likeness (QED) is 0.620. The highest BCUT2D eigenvalue weighted by atomic mass is 35.5. The van der Waals surface area contributed by atoms with E-state index < -0.39 is 11.6 Å². The minimum atomic E-state index is -0.874. The van der Waals surface area contributed by atoms with Crippen molar-refractivity contribution in [2.24, 2.45) is 5.92 Å². The SMILES string of the molecule is C=C(C)C[C@H]1CN(C(=O)OC(C)(C)C)CC[C@H]1N(CC(=O)O)Cc1cccc(Cl)c1. The summed E-state index contributed by atoms with van der Waals surface area (Å²) in [7, 11) is 0. The summed E-state index contributed by atoms with van der Waals surface area (Å²) in [6.45, 7) is 13.0. The van der Waals surface area contributed by atoms with Crippen LogP contribution in [0.4, 0.5) is 4.79 Å². The molecule has 166 valence electrons. The molecule has 30 heavy (non-hydrogen) atoms. The number of hydrogen-bond donors (Lipinski definition) is 1. The van der Waals surface area contributed by atoms with E-state index in [1.807, 2.05) is 50.8 Å². The molecule has 1 saturated heterocycles. The van der Waals surface area contributed by atoms with Crippen LogP contribution >= 0.6 is 11.6 Å². The van der Waals surface area contributed by atoms with Crippen LogP contribution in [0.15, 0.2) is 36.4 Å². The number of piperidine rings is 1. The van der Waals surface area contributed by atoms with Crippen LogP contribution in [0.5, 0.6) is 0 Å². The number of amides is 1. The molecule has 0 aliphatic carbocycles. The number of likely N-dealkylation sites (tertiary alicyclic amines) is 1. The van der Waals surface area contributed by atoms with E-state index in [9.17, 15) is 14.7 Å². The standard InChI is InChI=1S/C23H33ClN2O4/c1-16(2)11-18-14-25(22(29)30-23(3,4)5)10-9-20(18)26(15-21(27)28)13-17-7-6-8-19(24)12-17/h6-8,12,18,20H,1,9-11,13-15H2,2-5H3,(H,27,28)/t18-,20+/m0/s1. The molecular weight excluding hydrogens is 404 g/mol. The van der Waals surface area contributed by atoms with Crippen LogP contribution in [0.25, 0.3) is 0 Å². The van der Waals surface area contributed by atoms with Crippen molar-refractivity contribution in [3.63, 3.8) is 0 Å². The van der Waals surface area contributed by atoms with Gasteiger partial charge < -0.3 is 14.7 Å². The second-order valence-corrected chi connectivity index (χ2v) is 9.57. The maximum atomic E-state index is 12.6. The molecule has 1 aromatic rings. The summed E-state index contributed by atoms with van der Waals surface area (Å²) < 4.78 is 5.54. The minimum Gasteiger partial charge on any atom is -0.480 e. The molecule has 1 N–H and O–H groups in total. The fourth-order valence-corrected chi connectivity index (χ4v) is 4.19. The summed E-state index contributed by atoms with van der Waals surface area (Å²) in [6.07, 6.45) is 1.06. The van der Waals surface area contributed by atoms with Crippen LogP contribution in [0, 0.1) is 5.92 Å². The number of halogens is 1. The number of rotatable bonds is 7. The number of hydrogen-bond acceptors (Lipinski definition) is 4. The number of aliphatic carboxylic acids is 1.